The molecule has 0 bridgehead atoms. The fourth-order valence-electron chi connectivity index (χ4n) is 3.28. The first kappa shape index (κ1) is 22.0. The number of amides is 2. The number of hydrogen-bond donors (Lipinski definition) is 1. The summed E-state index contributed by atoms with van der Waals surface area (Å²) >= 11 is 0. The van der Waals surface area contributed by atoms with Crippen molar-refractivity contribution in [3.05, 3.63) is 42.1 Å². The van der Waals surface area contributed by atoms with Gasteiger partial charge in [-0.25, -0.2) is 13.1 Å². The van der Waals surface area contributed by atoms with Gasteiger partial charge in [0, 0.05) is 51.3 Å². The smallest absolute Gasteiger partial charge is 0.256 e. The van der Waals surface area contributed by atoms with Gasteiger partial charge in [-0.1, -0.05) is 13.3 Å². The van der Waals surface area contributed by atoms with Crippen molar-refractivity contribution in [3.63, 3.8) is 0 Å². The summed E-state index contributed by atoms with van der Waals surface area (Å²) in [5, 5.41) is 7.02. The zero-order valence-corrected chi connectivity index (χ0v) is 18.1. The summed E-state index contributed by atoms with van der Waals surface area (Å²) in [5.74, 6) is 0.221. The molecule has 9 nitrogen and oxygen atoms in total. The maximum atomic E-state index is 12.9. The summed E-state index contributed by atoms with van der Waals surface area (Å²) in [7, 11) is -3.67. The normalized spacial score (nSPS) is 15.2. The Labute approximate surface area is 176 Å². The molecular weight excluding hydrogens is 406 g/mol. The van der Waals surface area contributed by atoms with Crippen LogP contribution in [-0.4, -0.2) is 65.4 Å². The van der Waals surface area contributed by atoms with Gasteiger partial charge in [0.25, 0.3) is 5.91 Å². The van der Waals surface area contributed by atoms with E-state index in [1.807, 2.05) is 0 Å². The molecule has 1 aromatic carbocycles. The number of nitrogens with one attached hydrogen (secondary N) is 1. The monoisotopic (exact) mass is 433 g/mol. The average molecular weight is 434 g/mol. The number of unbranched alkanes of at least 4 members (excludes halogenated alkanes) is 1. The number of hydrogen-bond acceptors (Lipinski definition) is 5. The van der Waals surface area contributed by atoms with Gasteiger partial charge in [-0.15, -0.1) is 0 Å². The fourth-order valence-corrected chi connectivity index (χ4v) is 4.71. The van der Waals surface area contributed by atoms with E-state index in [-0.39, 0.29) is 29.8 Å². The lowest BCUT2D eigenvalue weighted by atomic mass is 10.2. The summed E-state index contributed by atoms with van der Waals surface area (Å²) in [6, 6.07) is 7.61. The van der Waals surface area contributed by atoms with Crippen LogP contribution in [0.25, 0.3) is 0 Å². The van der Waals surface area contributed by atoms with Gasteiger partial charge in [0.05, 0.1) is 11.1 Å². The third-order valence-corrected chi connectivity index (χ3v) is 7.03. The van der Waals surface area contributed by atoms with E-state index in [1.54, 1.807) is 21.8 Å². The quantitative estimate of drug-likeness (QED) is 0.717. The van der Waals surface area contributed by atoms with Gasteiger partial charge in [0.2, 0.25) is 15.9 Å². The van der Waals surface area contributed by atoms with Crippen LogP contribution in [0.4, 0.5) is 5.82 Å². The van der Waals surface area contributed by atoms with Crippen LogP contribution in [0.3, 0.4) is 0 Å². The fraction of sp³-hybridized carbons (Fsp3) is 0.450. The van der Waals surface area contributed by atoms with Gasteiger partial charge in [0.1, 0.15) is 5.82 Å². The van der Waals surface area contributed by atoms with Gasteiger partial charge in [-0.3, -0.25) is 9.59 Å². The number of sulfonamides is 1. The second-order valence-electron chi connectivity index (χ2n) is 7.18. The lowest BCUT2D eigenvalue weighted by molar-refractivity contribution is -0.129. The Balaban J connectivity index is 1.66. The zero-order chi connectivity index (χ0) is 21.7. The number of rotatable bonds is 7. The molecule has 2 amide bonds. The average Bonchev–Trinajstić information content (AvgIpc) is 3.19. The second-order valence-corrected chi connectivity index (χ2v) is 9.12. The molecule has 0 spiro atoms. The number of nitrogens with zero attached hydrogens (tertiary/aromatic N) is 4. The molecule has 1 N–H and O–H groups in total. The lowest BCUT2D eigenvalue weighted by Gasteiger charge is -2.33. The maximum absolute atomic E-state index is 12.9. The first-order valence-corrected chi connectivity index (χ1v) is 11.5. The summed E-state index contributed by atoms with van der Waals surface area (Å²) in [6.07, 6.45) is 3.61. The Hall–Kier alpha value is -2.72. The van der Waals surface area contributed by atoms with Crippen LogP contribution in [0.5, 0.6) is 0 Å². The van der Waals surface area contributed by atoms with Crippen LogP contribution in [0.15, 0.2) is 41.4 Å². The number of aromatic nitrogens is 2. The molecule has 2 aromatic rings. The predicted molar refractivity (Wildman–Crippen MR) is 113 cm³/mol. The third-order valence-electron chi connectivity index (χ3n) is 5.12. The van der Waals surface area contributed by atoms with Crippen LogP contribution < -0.4 is 5.32 Å². The van der Waals surface area contributed by atoms with E-state index >= 15 is 0 Å². The summed E-state index contributed by atoms with van der Waals surface area (Å²) in [4.78, 5) is 25.7. The molecule has 2 heterocycles. The number of carbonyl (C=O) groups is 2. The minimum Gasteiger partial charge on any atom is -0.340 e. The standard InChI is InChI=1S/C20H27N5O4S/c1-3-4-11-25-19(9-10-21-25)22-20(27)17-5-7-18(8-6-17)30(28,29)24-14-12-23(13-15-24)16(2)26/h5-10H,3-4,11-15H2,1-2H3,(H,22,27). The van der Waals surface area contributed by atoms with E-state index in [4.69, 9.17) is 0 Å². The molecule has 0 unspecified atom stereocenters. The number of benzene rings is 1. The molecule has 1 aliphatic heterocycles. The highest BCUT2D eigenvalue weighted by Crippen LogP contribution is 2.19. The first-order valence-electron chi connectivity index (χ1n) is 10.0. The van der Waals surface area contributed by atoms with E-state index in [0.717, 1.165) is 12.8 Å². The summed E-state index contributed by atoms with van der Waals surface area (Å²) in [5.41, 5.74) is 0.360. The third kappa shape index (κ3) is 4.88. The number of piperazine rings is 1. The zero-order valence-electron chi connectivity index (χ0n) is 17.2. The van der Waals surface area contributed by atoms with E-state index in [9.17, 15) is 18.0 Å². The van der Waals surface area contributed by atoms with Gasteiger partial charge in [0.15, 0.2) is 0 Å². The van der Waals surface area contributed by atoms with Crippen LogP contribution in [0, 0.1) is 0 Å². The molecule has 0 radical (unpaired) electrons. The number of aryl methyl sites for hydroxylation is 1. The highest BCUT2D eigenvalue weighted by atomic mass is 32.2. The molecule has 1 aliphatic rings. The minimum atomic E-state index is -3.67. The topological polar surface area (TPSA) is 105 Å². The van der Waals surface area contributed by atoms with E-state index < -0.39 is 10.0 Å². The molecule has 0 saturated carbocycles. The second kappa shape index (κ2) is 9.40. The molecule has 0 atom stereocenters. The highest BCUT2D eigenvalue weighted by Gasteiger charge is 2.29. The van der Waals surface area contributed by atoms with Crippen molar-refractivity contribution in [2.24, 2.45) is 0 Å². The van der Waals surface area contributed by atoms with Crippen molar-refractivity contribution >= 4 is 27.7 Å². The van der Waals surface area contributed by atoms with Crippen molar-refractivity contribution in [3.8, 4) is 0 Å². The largest absolute Gasteiger partial charge is 0.340 e. The maximum Gasteiger partial charge on any atom is 0.256 e. The molecule has 1 saturated heterocycles. The molecule has 1 fully saturated rings. The molecule has 0 aliphatic carbocycles. The number of carbonyl (C=O) groups excluding carboxylic acids is 2. The van der Waals surface area contributed by atoms with Gasteiger partial charge >= 0.3 is 0 Å². The predicted octanol–water partition coefficient (Wildman–Crippen LogP) is 1.79. The lowest BCUT2D eigenvalue weighted by Crippen LogP contribution is -2.49. The highest BCUT2D eigenvalue weighted by molar-refractivity contribution is 7.89. The Bertz CT molecular complexity index is 992. The molecule has 10 heteroatoms. The Morgan fingerprint density at radius 2 is 1.73 bits per heavy atom. The van der Waals surface area contributed by atoms with Crippen LogP contribution in [-0.2, 0) is 21.4 Å². The summed E-state index contributed by atoms with van der Waals surface area (Å²) in [6.45, 7) is 5.54. The first-order chi connectivity index (χ1) is 14.3. The van der Waals surface area contributed by atoms with Crippen LogP contribution in [0.2, 0.25) is 0 Å². The molecule has 162 valence electrons. The van der Waals surface area contributed by atoms with E-state index in [2.05, 4.69) is 17.3 Å². The van der Waals surface area contributed by atoms with Crippen molar-refractivity contribution in [2.75, 3.05) is 31.5 Å². The van der Waals surface area contributed by atoms with Crippen molar-refractivity contribution < 1.29 is 18.0 Å². The Morgan fingerprint density at radius 3 is 2.33 bits per heavy atom. The van der Waals surface area contributed by atoms with Crippen molar-refractivity contribution in [1.29, 1.82) is 0 Å². The van der Waals surface area contributed by atoms with Crippen LogP contribution in [0.1, 0.15) is 37.0 Å². The Morgan fingerprint density at radius 1 is 1.07 bits per heavy atom. The van der Waals surface area contributed by atoms with Gasteiger partial charge < -0.3 is 10.2 Å². The van der Waals surface area contributed by atoms with Gasteiger partial charge in [-0.2, -0.15) is 9.40 Å². The van der Waals surface area contributed by atoms with Crippen molar-refractivity contribution in [1.82, 2.24) is 19.0 Å². The molecule has 1 aromatic heterocycles. The SMILES string of the molecule is CCCCn1nccc1NC(=O)c1ccc(S(=O)(=O)N2CCN(C(C)=O)CC2)cc1. The minimum absolute atomic E-state index is 0.0570. The molecule has 30 heavy (non-hydrogen) atoms. The van der Waals surface area contributed by atoms with Crippen molar-refractivity contribution in [2.45, 2.75) is 38.1 Å². The van der Waals surface area contributed by atoms with E-state index in [1.165, 1.54) is 35.5 Å². The molecular formula is C20H27N5O4S. The molecule has 3 rings (SSSR count). The summed E-state index contributed by atoms with van der Waals surface area (Å²) < 4.78 is 28.8. The number of anilines is 1. The van der Waals surface area contributed by atoms with E-state index in [0.29, 0.717) is 31.0 Å². The van der Waals surface area contributed by atoms with Crippen LogP contribution >= 0.6 is 0 Å². The Kier molecular flexibility index (Phi) is 6.88. The van der Waals surface area contributed by atoms with Gasteiger partial charge in [-0.05, 0) is 30.7 Å².